The minimum atomic E-state index is -0.896. The normalized spacial score (nSPS) is 11.8. The van der Waals surface area contributed by atoms with Crippen molar-refractivity contribution in [3.8, 4) is 0 Å². The molecule has 1 aromatic rings. The van der Waals surface area contributed by atoms with E-state index in [1.165, 1.54) is 0 Å². The van der Waals surface area contributed by atoms with Crippen molar-refractivity contribution in [1.82, 2.24) is 0 Å². The van der Waals surface area contributed by atoms with Gasteiger partial charge in [-0.15, -0.1) is 0 Å². The summed E-state index contributed by atoms with van der Waals surface area (Å²) < 4.78 is 5.09. The molecule has 0 fully saturated rings. The third kappa shape index (κ3) is 5.15. The summed E-state index contributed by atoms with van der Waals surface area (Å²) >= 11 is 0. The Morgan fingerprint density at radius 2 is 1.94 bits per heavy atom. The standard InChI is InChI=1S/C13H16O4/c1-10(7-8-12(14)15)13(16)17-9-11-5-3-2-4-6-11/h2-6,10H,7-9H2,1H3,(H,14,15)/t10-/m1/s1. The number of carbonyl (C=O) groups is 2. The van der Waals surface area contributed by atoms with E-state index in [0.29, 0.717) is 6.42 Å². The number of carboxylic acids is 1. The Morgan fingerprint density at radius 3 is 2.53 bits per heavy atom. The summed E-state index contributed by atoms with van der Waals surface area (Å²) in [5, 5.41) is 8.50. The van der Waals surface area contributed by atoms with Gasteiger partial charge in [0, 0.05) is 6.42 Å². The molecule has 0 aliphatic heterocycles. The fourth-order valence-corrected chi connectivity index (χ4v) is 1.33. The number of carboxylic acid groups (broad SMARTS) is 1. The first kappa shape index (κ1) is 13.2. The van der Waals surface area contributed by atoms with Gasteiger partial charge < -0.3 is 9.84 Å². The predicted molar refractivity (Wildman–Crippen MR) is 62.3 cm³/mol. The highest BCUT2D eigenvalue weighted by Crippen LogP contribution is 2.10. The van der Waals surface area contributed by atoms with Crippen LogP contribution in [0.25, 0.3) is 0 Å². The molecule has 1 N–H and O–H groups in total. The van der Waals surface area contributed by atoms with Gasteiger partial charge in [0.25, 0.3) is 0 Å². The molecular formula is C13H16O4. The van der Waals surface area contributed by atoms with E-state index in [0.717, 1.165) is 5.56 Å². The van der Waals surface area contributed by atoms with Crippen LogP contribution >= 0.6 is 0 Å². The molecule has 17 heavy (non-hydrogen) atoms. The van der Waals surface area contributed by atoms with E-state index in [2.05, 4.69) is 0 Å². The molecule has 0 heterocycles. The Bertz CT molecular complexity index is 372. The van der Waals surface area contributed by atoms with Gasteiger partial charge >= 0.3 is 11.9 Å². The van der Waals surface area contributed by atoms with E-state index in [4.69, 9.17) is 9.84 Å². The third-order valence-corrected chi connectivity index (χ3v) is 2.42. The van der Waals surface area contributed by atoms with E-state index in [1.54, 1.807) is 6.92 Å². The molecule has 1 aromatic carbocycles. The monoisotopic (exact) mass is 236 g/mol. The van der Waals surface area contributed by atoms with Crippen molar-refractivity contribution >= 4 is 11.9 Å². The molecule has 1 rings (SSSR count). The number of aliphatic carboxylic acids is 1. The van der Waals surface area contributed by atoms with Crippen LogP contribution in [-0.2, 0) is 20.9 Å². The second kappa shape index (κ2) is 6.68. The Kier molecular flexibility index (Phi) is 5.20. The molecule has 0 saturated heterocycles. The SMILES string of the molecule is C[C@H](CCC(=O)O)C(=O)OCc1ccccc1. The van der Waals surface area contributed by atoms with Crippen molar-refractivity contribution in [2.24, 2.45) is 5.92 Å². The van der Waals surface area contributed by atoms with Gasteiger partial charge in [0.2, 0.25) is 0 Å². The second-order valence-electron chi connectivity index (χ2n) is 3.93. The van der Waals surface area contributed by atoms with Gasteiger partial charge in [0.05, 0.1) is 5.92 Å². The molecule has 0 unspecified atom stereocenters. The molecule has 0 aliphatic carbocycles. The van der Waals surface area contributed by atoms with Crippen molar-refractivity contribution < 1.29 is 19.4 Å². The van der Waals surface area contributed by atoms with Crippen molar-refractivity contribution in [3.05, 3.63) is 35.9 Å². The second-order valence-corrected chi connectivity index (χ2v) is 3.93. The molecule has 0 aromatic heterocycles. The Hall–Kier alpha value is -1.84. The molecule has 1 atom stereocenters. The first-order valence-electron chi connectivity index (χ1n) is 5.52. The van der Waals surface area contributed by atoms with Gasteiger partial charge in [0.1, 0.15) is 6.61 Å². The van der Waals surface area contributed by atoms with Crippen LogP contribution in [0.15, 0.2) is 30.3 Å². The maximum absolute atomic E-state index is 11.5. The minimum absolute atomic E-state index is 0.0123. The highest BCUT2D eigenvalue weighted by atomic mass is 16.5. The van der Waals surface area contributed by atoms with E-state index in [9.17, 15) is 9.59 Å². The molecule has 92 valence electrons. The summed E-state index contributed by atoms with van der Waals surface area (Å²) in [4.78, 5) is 21.9. The van der Waals surface area contributed by atoms with Crippen LogP contribution in [0, 0.1) is 5.92 Å². The first-order valence-corrected chi connectivity index (χ1v) is 5.52. The molecule has 4 heteroatoms. The summed E-state index contributed by atoms with van der Waals surface area (Å²) in [5.41, 5.74) is 0.922. The molecule has 0 amide bonds. The number of ether oxygens (including phenoxy) is 1. The predicted octanol–water partition coefficient (Wildman–Crippen LogP) is 2.23. The van der Waals surface area contributed by atoms with Crippen LogP contribution in [-0.4, -0.2) is 17.0 Å². The topological polar surface area (TPSA) is 63.6 Å². The maximum atomic E-state index is 11.5. The van der Waals surface area contributed by atoms with Gasteiger partial charge in [-0.1, -0.05) is 37.3 Å². The lowest BCUT2D eigenvalue weighted by atomic mass is 10.1. The van der Waals surface area contributed by atoms with Crippen LogP contribution in [0.3, 0.4) is 0 Å². The fraction of sp³-hybridized carbons (Fsp3) is 0.385. The zero-order chi connectivity index (χ0) is 12.7. The summed E-state index contributed by atoms with van der Waals surface area (Å²) in [5.74, 6) is -1.63. The largest absolute Gasteiger partial charge is 0.481 e. The van der Waals surface area contributed by atoms with E-state index in [-0.39, 0.29) is 24.9 Å². The van der Waals surface area contributed by atoms with Gasteiger partial charge in [0.15, 0.2) is 0 Å². The van der Waals surface area contributed by atoms with Gasteiger partial charge in [-0.3, -0.25) is 9.59 Å². The maximum Gasteiger partial charge on any atom is 0.308 e. The first-order chi connectivity index (χ1) is 8.09. The lowest BCUT2D eigenvalue weighted by Gasteiger charge is -2.10. The van der Waals surface area contributed by atoms with Crippen molar-refractivity contribution in [2.45, 2.75) is 26.4 Å². The highest BCUT2D eigenvalue weighted by Gasteiger charge is 2.15. The molecule has 4 nitrogen and oxygen atoms in total. The number of hydrogen-bond donors (Lipinski definition) is 1. The van der Waals surface area contributed by atoms with Crippen molar-refractivity contribution in [2.75, 3.05) is 0 Å². The average molecular weight is 236 g/mol. The van der Waals surface area contributed by atoms with Gasteiger partial charge in [-0.2, -0.15) is 0 Å². The highest BCUT2D eigenvalue weighted by molar-refractivity contribution is 5.73. The molecule has 0 spiro atoms. The smallest absolute Gasteiger partial charge is 0.308 e. The lowest BCUT2D eigenvalue weighted by Crippen LogP contribution is -2.15. The molecule has 0 saturated carbocycles. The van der Waals surface area contributed by atoms with E-state index < -0.39 is 5.97 Å². The van der Waals surface area contributed by atoms with E-state index in [1.807, 2.05) is 30.3 Å². The zero-order valence-corrected chi connectivity index (χ0v) is 9.76. The Morgan fingerprint density at radius 1 is 1.29 bits per heavy atom. The number of rotatable bonds is 6. The number of carbonyl (C=O) groups excluding carboxylic acids is 1. The molecule has 0 radical (unpaired) electrons. The third-order valence-electron chi connectivity index (χ3n) is 2.42. The number of hydrogen-bond acceptors (Lipinski definition) is 3. The summed E-state index contributed by atoms with van der Waals surface area (Å²) in [6.07, 6.45) is 0.296. The minimum Gasteiger partial charge on any atom is -0.481 e. The van der Waals surface area contributed by atoms with Crippen molar-refractivity contribution in [1.29, 1.82) is 0 Å². The van der Waals surface area contributed by atoms with Gasteiger partial charge in [-0.05, 0) is 12.0 Å². The molecule has 0 bridgehead atoms. The Labute approximate surface area is 100 Å². The number of benzene rings is 1. The Balaban J connectivity index is 2.32. The molecular weight excluding hydrogens is 220 g/mol. The van der Waals surface area contributed by atoms with E-state index >= 15 is 0 Å². The number of esters is 1. The van der Waals surface area contributed by atoms with Crippen LogP contribution in [0.2, 0.25) is 0 Å². The fourth-order valence-electron chi connectivity index (χ4n) is 1.33. The van der Waals surface area contributed by atoms with Crippen molar-refractivity contribution in [3.63, 3.8) is 0 Å². The summed E-state index contributed by atoms with van der Waals surface area (Å²) in [7, 11) is 0. The zero-order valence-electron chi connectivity index (χ0n) is 9.76. The van der Waals surface area contributed by atoms with Crippen LogP contribution in [0.5, 0.6) is 0 Å². The van der Waals surface area contributed by atoms with Crippen LogP contribution in [0.1, 0.15) is 25.3 Å². The quantitative estimate of drug-likeness (QED) is 0.769. The molecule has 0 aliphatic rings. The van der Waals surface area contributed by atoms with Crippen LogP contribution < -0.4 is 0 Å². The summed E-state index contributed by atoms with van der Waals surface area (Å²) in [6, 6.07) is 9.37. The summed E-state index contributed by atoms with van der Waals surface area (Å²) in [6.45, 7) is 1.91. The lowest BCUT2D eigenvalue weighted by molar-refractivity contribution is -0.149. The van der Waals surface area contributed by atoms with Gasteiger partial charge in [-0.25, -0.2) is 0 Å². The van der Waals surface area contributed by atoms with Crippen LogP contribution in [0.4, 0.5) is 0 Å². The average Bonchev–Trinajstić information content (AvgIpc) is 2.34.